The zero-order valence-corrected chi connectivity index (χ0v) is 24.9. The summed E-state index contributed by atoms with van der Waals surface area (Å²) < 4.78 is 5.23. The first-order valence-electron chi connectivity index (χ1n) is 14.2. The summed E-state index contributed by atoms with van der Waals surface area (Å²) in [5, 5.41) is 3.64. The third kappa shape index (κ3) is 6.49. The second kappa shape index (κ2) is 12.5. The number of hydrogen-bond acceptors (Lipinski definition) is 5. The second-order valence-electron chi connectivity index (χ2n) is 11.2. The van der Waals surface area contributed by atoms with E-state index in [1.54, 1.807) is 18.2 Å². The molecule has 8 nitrogen and oxygen atoms in total. The molecule has 0 saturated carbocycles. The van der Waals surface area contributed by atoms with Crippen LogP contribution in [0.1, 0.15) is 33.6 Å². The normalized spacial score (nSPS) is 18.3. The van der Waals surface area contributed by atoms with Gasteiger partial charge in [-0.3, -0.25) is 14.7 Å². The smallest absolute Gasteiger partial charge is 0.326 e. The lowest BCUT2D eigenvalue weighted by molar-refractivity contribution is 0.0772. The number of fused-ring (bicyclic) bond motifs is 1. The van der Waals surface area contributed by atoms with E-state index in [0.29, 0.717) is 29.1 Å². The lowest BCUT2D eigenvalue weighted by Crippen LogP contribution is -2.38. The molecule has 0 bridgehead atoms. The number of carbonyl (C=O) groups excluding carboxylic acids is 2. The average Bonchev–Trinajstić information content (AvgIpc) is 3.52. The van der Waals surface area contributed by atoms with Crippen molar-refractivity contribution in [2.45, 2.75) is 27.2 Å². The number of benzene rings is 2. The van der Waals surface area contributed by atoms with Gasteiger partial charge in [-0.1, -0.05) is 17.7 Å². The van der Waals surface area contributed by atoms with Crippen LogP contribution in [-0.2, 0) is 0 Å². The second-order valence-corrected chi connectivity index (χ2v) is 11.6. The summed E-state index contributed by atoms with van der Waals surface area (Å²) in [4.78, 5) is 37.2. The van der Waals surface area contributed by atoms with Crippen molar-refractivity contribution in [1.29, 1.82) is 0 Å². The molecule has 0 aliphatic carbocycles. The Hall–Kier alpha value is -3.62. The van der Waals surface area contributed by atoms with Crippen LogP contribution in [0.15, 0.2) is 54.7 Å². The maximum atomic E-state index is 13.4. The quantitative estimate of drug-likeness (QED) is 0.367. The molecular weight excluding hydrogens is 538 g/mol. The van der Waals surface area contributed by atoms with Gasteiger partial charge in [0.15, 0.2) is 0 Å². The van der Waals surface area contributed by atoms with E-state index in [2.05, 4.69) is 15.2 Å². The highest BCUT2D eigenvalue weighted by Gasteiger charge is 2.42. The number of ether oxygens (including phenoxy) is 1. The zero-order chi connectivity index (χ0) is 29.1. The van der Waals surface area contributed by atoms with Crippen molar-refractivity contribution in [3.63, 3.8) is 0 Å². The molecule has 5 rings (SSSR count). The number of halogens is 1. The molecule has 1 N–H and O–H groups in total. The SMILES string of the molecule is COc1ccc(NC(=O)N(CCCN2CC3CN(C(=O)c4c(C)ccnc4C)CC3C2)c2ccc(C)c(Cl)c2)cc1. The molecule has 2 atom stereocenters. The van der Waals surface area contributed by atoms with E-state index in [1.165, 1.54) is 0 Å². The molecule has 3 amide bonds. The number of methoxy groups -OCH3 is 1. The molecule has 3 heterocycles. The number of pyridine rings is 1. The molecule has 3 aromatic rings. The van der Waals surface area contributed by atoms with Crippen LogP contribution in [0.2, 0.25) is 5.02 Å². The van der Waals surface area contributed by atoms with Crippen molar-refractivity contribution in [3.05, 3.63) is 82.1 Å². The lowest BCUT2D eigenvalue weighted by Gasteiger charge is -2.26. The molecular formula is C32H38ClN5O3. The molecule has 2 unspecified atom stereocenters. The van der Waals surface area contributed by atoms with Crippen LogP contribution >= 0.6 is 11.6 Å². The number of anilines is 2. The zero-order valence-electron chi connectivity index (χ0n) is 24.2. The molecule has 216 valence electrons. The van der Waals surface area contributed by atoms with Crippen LogP contribution in [0, 0.1) is 32.6 Å². The molecule has 2 aliphatic heterocycles. The maximum absolute atomic E-state index is 13.4. The van der Waals surface area contributed by atoms with Crippen molar-refractivity contribution in [1.82, 2.24) is 14.8 Å². The molecule has 0 radical (unpaired) electrons. The van der Waals surface area contributed by atoms with Gasteiger partial charge in [-0.15, -0.1) is 0 Å². The van der Waals surface area contributed by atoms with Gasteiger partial charge in [0, 0.05) is 55.3 Å². The number of rotatable bonds is 8. The van der Waals surface area contributed by atoms with E-state index >= 15 is 0 Å². The van der Waals surface area contributed by atoms with Gasteiger partial charge in [-0.2, -0.15) is 0 Å². The number of nitrogens with zero attached hydrogens (tertiary/aromatic N) is 4. The minimum Gasteiger partial charge on any atom is -0.497 e. The molecule has 0 spiro atoms. The van der Waals surface area contributed by atoms with Crippen LogP contribution < -0.4 is 15.0 Å². The average molecular weight is 576 g/mol. The van der Waals surface area contributed by atoms with Crippen LogP contribution in [0.3, 0.4) is 0 Å². The van der Waals surface area contributed by atoms with Gasteiger partial charge in [-0.25, -0.2) is 4.79 Å². The lowest BCUT2D eigenvalue weighted by atomic mass is 10.0. The number of likely N-dealkylation sites (tertiary alicyclic amines) is 2. The van der Waals surface area contributed by atoms with Gasteiger partial charge < -0.3 is 19.9 Å². The number of urea groups is 1. The fourth-order valence-electron chi connectivity index (χ4n) is 6.03. The van der Waals surface area contributed by atoms with Gasteiger partial charge in [0.25, 0.3) is 5.91 Å². The number of aryl methyl sites for hydroxylation is 3. The highest BCUT2D eigenvalue weighted by atomic mass is 35.5. The number of aromatic nitrogens is 1. The Morgan fingerprint density at radius 3 is 2.34 bits per heavy atom. The molecule has 9 heteroatoms. The Bertz CT molecular complexity index is 1380. The first-order chi connectivity index (χ1) is 19.7. The summed E-state index contributed by atoms with van der Waals surface area (Å²) in [5.41, 5.74) is 4.95. The van der Waals surface area contributed by atoms with E-state index in [-0.39, 0.29) is 11.9 Å². The number of nitrogens with one attached hydrogen (secondary N) is 1. The Labute approximate surface area is 247 Å². The molecule has 41 heavy (non-hydrogen) atoms. The van der Waals surface area contributed by atoms with Crippen molar-refractivity contribution >= 4 is 34.9 Å². The van der Waals surface area contributed by atoms with E-state index in [1.807, 2.05) is 74.2 Å². The summed E-state index contributed by atoms with van der Waals surface area (Å²) in [6, 6.07) is 14.7. The minimum atomic E-state index is -0.205. The highest BCUT2D eigenvalue weighted by molar-refractivity contribution is 6.31. The summed E-state index contributed by atoms with van der Waals surface area (Å²) in [7, 11) is 1.61. The summed E-state index contributed by atoms with van der Waals surface area (Å²) in [6.45, 7) is 10.8. The van der Waals surface area contributed by atoms with E-state index in [9.17, 15) is 9.59 Å². The molecule has 2 fully saturated rings. The van der Waals surface area contributed by atoms with Gasteiger partial charge in [-0.05, 0) is 99.2 Å². The maximum Gasteiger partial charge on any atom is 0.326 e. The van der Waals surface area contributed by atoms with Crippen molar-refractivity contribution < 1.29 is 14.3 Å². The van der Waals surface area contributed by atoms with E-state index in [0.717, 1.165) is 73.0 Å². The predicted octanol–water partition coefficient (Wildman–Crippen LogP) is 5.80. The van der Waals surface area contributed by atoms with Crippen molar-refractivity contribution in [2.75, 3.05) is 56.6 Å². The number of hydrogen-bond donors (Lipinski definition) is 1. The Kier molecular flexibility index (Phi) is 8.80. The van der Waals surface area contributed by atoms with Gasteiger partial charge in [0.05, 0.1) is 18.4 Å². The van der Waals surface area contributed by atoms with Crippen molar-refractivity contribution in [3.8, 4) is 5.75 Å². The van der Waals surface area contributed by atoms with E-state index in [4.69, 9.17) is 16.3 Å². The minimum absolute atomic E-state index is 0.101. The highest BCUT2D eigenvalue weighted by Crippen LogP contribution is 2.33. The van der Waals surface area contributed by atoms with E-state index < -0.39 is 0 Å². The van der Waals surface area contributed by atoms with Gasteiger partial charge >= 0.3 is 6.03 Å². The monoisotopic (exact) mass is 575 g/mol. The topological polar surface area (TPSA) is 78.0 Å². The molecule has 2 saturated heterocycles. The van der Waals surface area contributed by atoms with Crippen LogP contribution in [0.25, 0.3) is 0 Å². The summed E-state index contributed by atoms with van der Waals surface area (Å²) >= 11 is 6.43. The van der Waals surface area contributed by atoms with Gasteiger partial charge in [0.1, 0.15) is 5.75 Å². The Morgan fingerprint density at radius 1 is 1.00 bits per heavy atom. The van der Waals surface area contributed by atoms with Crippen LogP contribution in [-0.4, -0.2) is 73.1 Å². The van der Waals surface area contributed by atoms with Crippen LogP contribution in [0.4, 0.5) is 16.2 Å². The third-order valence-electron chi connectivity index (χ3n) is 8.32. The van der Waals surface area contributed by atoms with Crippen molar-refractivity contribution in [2.24, 2.45) is 11.8 Å². The van der Waals surface area contributed by atoms with Crippen LogP contribution in [0.5, 0.6) is 5.75 Å². The third-order valence-corrected chi connectivity index (χ3v) is 8.73. The standard InChI is InChI=1S/C32H38ClN5O3/c1-21-6-9-27(16-29(21)33)38(32(40)35-26-7-10-28(41-4)11-8-26)15-5-14-36-17-24-19-37(20-25(24)18-36)31(39)30-22(2)12-13-34-23(30)3/h6-13,16,24-25H,5,14-15,17-20H2,1-4H3,(H,35,40). The fraction of sp³-hybridized carbons (Fsp3) is 0.406. The largest absolute Gasteiger partial charge is 0.497 e. The summed E-state index contributed by atoms with van der Waals surface area (Å²) in [5.74, 6) is 1.78. The predicted molar refractivity (Wildman–Crippen MR) is 163 cm³/mol. The fourth-order valence-corrected chi connectivity index (χ4v) is 6.20. The van der Waals surface area contributed by atoms with Gasteiger partial charge in [0.2, 0.25) is 0 Å². The molecule has 2 aromatic carbocycles. The number of amides is 3. The molecule has 2 aliphatic rings. The first kappa shape index (κ1) is 28.9. The Balaban J connectivity index is 1.18. The Morgan fingerprint density at radius 2 is 1.71 bits per heavy atom. The number of carbonyl (C=O) groups is 2. The summed E-state index contributed by atoms with van der Waals surface area (Å²) in [6.07, 6.45) is 2.58. The molecule has 1 aromatic heterocycles. The first-order valence-corrected chi connectivity index (χ1v) is 14.5.